The van der Waals surface area contributed by atoms with Gasteiger partial charge < -0.3 is 14.2 Å². The van der Waals surface area contributed by atoms with Crippen molar-refractivity contribution in [3.8, 4) is 11.5 Å². The fraction of sp³-hybridized carbons (Fsp3) is 0.652. The number of rotatable bonds is 8. The van der Waals surface area contributed by atoms with Gasteiger partial charge in [-0.25, -0.2) is 0 Å². The molecule has 8 heteroatoms. The predicted molar refractivity (Wildman–Crippen MR) is 106 cm³/mol. The molecule has 2 fully saturated rings. The van der Waals surface area contributed by atoms with Gasteiger partial charge in [-0.1, -0.05) is 13.3 Å². The Morgan fingerprint density at radius 3 is 2.16 bits per heavy atom. The lowest BCUT2D eigenvalue weighted by Crippen LogP contribution is -2.40. The first-order chi connectivity index (χ1) is 14.8. The standard InChI is InChI=1S/C23H29F5O3/c1-2-3-15-4-13-20(29-14-15)16-5-7-17(8-6-16)23(27,28)31-19-11-9-18(10-12-19)30-22(26)21(24)25/h9-12,15-17,20H,2-8,13-14H2,1H3. The summed E-state index contributed by atoms with van der Waals surface area (Å²) in [5.41, 5.74) is 0. The topological polar surface area (TPSA) is 27.7 Å². The van der Waals surface area contributed by atoms with Crippen molar-refractivity contribution in [3.63, 3.8) is 0 Å². The van der Waals surface area contributed by atoms with E-state index in [2.05, 4.69) is 11.7 Å². The van der Waals surface area contributed by atoms with Gasteiger partial charge in [-0.05, 0) is 81.0 Å². The largest absolute Gasteiger partial charge is 0.432 e. The summed E-state index contributed by atoms with van der Waals surface area (Å²) in [6.07, 6.45) is 0.752. The fourth-order valence-corrected chi connectivity index (χ4v) is 4.62. The Labute approximate surface area is 179 Å². The van der Waals surface area contributed by atoms with Gasteiger partial charge in [-0.15, -0.1) is 0 Å². The van der Waals surface area contributed by atoms with Crippen LogP contribution in [0.3, 0.4) is 0 Å². The van der Waals surface area contributed by atoms with E-state index in [1.54, 1.807) is 0 Å². The molecule has 2 aliphatic rings. The molecule has 31 heavy (non-hydrogen) atoms. The van der Waals surface area contributed by atoms with E-state index in [-0.39, 0.29) is 17.6 Å². The molecule has 174 valence electrons. The van der Waals surface area contributed by atoms with E-state index in [0.29, 0.717) is 37.5 Å². The number of ether oxygens (including phenoxy) is 3. The van der Waals surface area contributed by atoms with Gasteiger partial charge in [0.1, 0.15) is 11.5 Å². The lowest BCUT2D eigenvalue weighted by Gasteiger charge is -2.39. The second-order valence-electron chi connectivity index (χ2n) is 8.49. The highest BCUT2D eigenvalue weighted by Crippen LogP contribution is 2.43. The Kier molecular flexibility index (Phi) is 8.19. The quantitative estimate of drug-likeness (QED) is 0.305. The first kappa shape index (κ1) is 23.8. The molecule has 0 amide bonds. The van der Waals surface area contributed by atoms with Crippen LogP contribution in [0.5, 0.6) is 11.5 Å². The molecule has 1 saturated carbocycles. The van der Waals surface area contributed by atoms with Crippen LogP contribution in [0.4, 0.5) is 22.0 Å². The summed E-state index contributed by atoms with van der Waals surface area (Å²) in [5.74, 6) is -0.352. The van der Waals surface area contributed by atoms with Gasteiger partial charge in [0.2, 0.25) is 0 Å². The fourth-order valence-electron chi connectivity index (χ4n) is 4.62. The highest BCUT2D eigenvalue weighted by Gasteiger charge is 2.45. The molecule has 1 aromatic carbocycles. The smallest absolute Gasteiger partial charge is 0.400 e. The number of halogens is 5. The number of hydrogen-bond donors (Lipinski definition) is 0. The second kappa shape index (κ2) is 10.7. The van der Waals surface area contributed by atoms with Gasteiger partial charge >= 0.3 is 18.2 Å². The first-order valence-corrected chi connectivity index (χ1v) is 11.0. The van der Waals surface area contributed by atoms with Gasteiger partial charge in [0.25, 0.3) is 0 Å². The van der Waals surface area contributed by atoms with Crippen LogP contribution in [-0.2, 0) is 4.74 Å². The SMILES string of the molecule is CCCC1CCC(C2CCC(C(F)(F)Oc3ccc(OC(F)=C(F)F)cc3)CC2)OC1. The van der Waals surface area contributed by atoms with Gasteiger partial charge in [0, 0.05) is 6.61 Å². The summed E-state index contributed by atoms with van der Waals surface area (Å²) in [6, 6.07) is 2.44. The second-order valence-corrected chi connectivity index (χ2v) is 8.49. The van der Waals surface area contributed by atoms with Crippen LogP contribution in [0.1, 0.15) is 58.3 Å². The molecule has 1 heterocycles. The van der Waals surface area contributed by atoms with E-state index in [9.17, 15) is 22.0 Å². The zero-order chi connectivity index (χ0) is 22.4. The average Bonchev–Trinajstić information content (AvgIpc) is 2.76. The Balaban J connectivity index is 1.48. The Bertz CT molecular complexity index is 717. The van der Waals surface area contributed by atoms with Crippen molar-refractivity contribution in [3.05, 3.63) is 36.4 Å². The van der Waals surface area contributed by atoms with Crippen molar-refractivity contribution in [2.75, 3.05) is 6.61 Å². The normalized spacial score (nSPS) is 26.9. The van der Waals surface area contributed by atoms with Crippen molar-refractivity contribution in [2.45, 2.75) is 70.5 Å². The Morgan fingerprint density at radius 2 is 1.61 bits per heavy atom. The van der Waals surface area contributed by atoms with Gasteiger partial charge in [0.15, 0.2) is 0 Å². The summed E-state index contributed by atoms with van der Waals surface area (Å²) in [6.45, 7) is 2.94. The van der Waals surface area contributed by atoms with Crippen LogP contribution in [0.15, 0.2) is 36.4 Å². The summed E-state index contributed by atoms with van der Waals surface area (Å²) >= 11 is 0. The third kappa shape index (κ3) is 6.57. The molecule has 2 atom stereocenters. The molecule has 3 rings (SSSR count). The summed E-state index contributed by atoms with van der Waals surface area (Å²) in [5, 5.41) is 0. The van der Waals surface area contributed by atoms with E-state index >= 15 is 0 Å². The maximum Gasteiger partial charge on any atom is 0.400 e. The van der Waals surface area contributed by atoms with Crippen molar-refractivity contribution >= 4 is 0 Å². The maximum absolute atomic E-state index is 14.7. The van der Waals surface area contributed by atoms with Crippen LogP contribution in [-0.4, -0.2) is 18.8 Å². The lowest BCUT2D eigenvalue weighted by atomic mass is 9.76. The molecular formula is C23H29F5O3. The highest BCUT2D eigenvalue weighted by molar-refractivity contribution is 5.32. The van der Waals surface area contributed by atoms with Crippen molar-refractivity contribution < 1.29 is 36.2 Å². The molecule has 1 saturated heterocycles. The summed E-state index contributed by atoms with van der Waals surface area (Å²) in [4.78, 5) is 0. The third-order valence-corrected chi connectivity index (χ3v) is 6.31. The number of alkyl halides is 2. The Hall–Kier alpha value is -1.83. The number of hydrogen-bond acceptors (Lipinski definition) is 3. The number of benzene rings is 1. The van der Waals surface area contributed by atoms with Crippen LogP contribution >= 0.6 is 0 Å². The van der Waals surface area contributed by atoms with E-state index in [1.165, 1.54) is 6.42 Å². The molecule has 0 radical (unpaired) electrons. The average molecular weight is 448 g/mol. The Morgan fingerprint density at radius 1 is 0.968 bits per heavy atom. The lowest BCUT2D eigenvalue weighted by molar-refractivity contribution is -0.225. The van der Waals surface area contributed by atoms with Gasteiger partial charge in [0.05, 0.1) is 12.0 Å². The van der Waals surface area contributed by atoms with Crippen LogP contribution in [0, 0.1) is 17.8 Å². The van der Waals surface area contributed by atoms with E-state index < -0.39 is 24.1 Å². The summed E-state index contributed by atoms with van der Waals surface area (Å²) < 4.78 is 81.5. The van der Waals surface area contributed by atoms with Gasteiger partial charge in [-0.3, -0.25) is 0 Å². The van der Waals surface area contributed by atoms with Gasteiger partial charge in [-0.2, -0.15) is 22.0 Å². The molecule has 3 nitrogen and oxygen atoms in total. The zero-order valence-corrected chi connectivity index (χ0v) is 17.6. The van der Waals surface area contributed by atoms with Crippen LogP contribution in [0.2, 0.25) is 0 Å². The van der Waals surface area contributed by atoms with Crippen molar-refractivity contribution in [1.82, 2.24) is 0 Å². The van der Waals surface area contributed by atoms with Crippen LogP contribution < -0.4 is 9.47 Å². The van der Waals surface area contributed by atoms with E-state index in [0.717, 1.165) is 50.1 Å². The minimum atomic E-state index is -3.36. The molecule has 1 aliphatic carbocycles. The molecule has 1 aliphatic heterocycles. The monoisotopic (exact) mass is 448 g/mol. The molecule has 0 aromatic heterocycles. The first-order valence-electron chi connectivity index (χ1n) is 11.0. The third-order valence-electron chi connectivity index (χ3n) is 6.31. The summed E-state index contributed by atoms with van der Waals surface area (Å²) in [7, 11) is 0. The van der Waals surface area contributed by atoms with Crippen molar-refractivity contribution in [2.24, 2.45) is 17.8 Å². The van der Waals surface area contributed by atoms with Crippen molar-refractivity contribution in [1.29, 1.82) is 0 Å². The van der Waals surface area contributed by atoms with E-state index in [4.69, 9.17) is 9.47 Å². The van der Waals surface area contributed by atoms with Crippen LogP contribution in [0.25, 0.3) is 0 Å². The maximum atomic E-state index is 14.7. The molecule has 1 aromatic rings. The molecule has 0 spiro atoms. The minimum absolute atomic E-state index is 0.137. The molecule has 0 N–H and O–H groups in total. The zero-order valence-electron chi connectivity index (χ0n) is 17.6. The molecule has 0 bridgehead atoms. The highest BCUT2D eigenvalue weighted by atomic mass is 19.3. The molecular weight excluding hydrogens is 419 g/mol. The minimum Gasteiger partial charge on any atom is -0.432 e. The predicted octanol–water partition coefficient (Wildman–Crippen LogP) is 7.47. The van der Waals surface area contributed by atoms with E-state index in [1.807, 2.05) is 0 Å². The molecule has 2 unspecified atom stereocenters.